The summed E-state index contributed by atoms with van der Waals surface area (Å²) in [5.74, 6) is -2.86. The lowest BCUT2D eigenvalue weighted by atomic mass is 10.0. The van der Waals surface area contributed by atoms with E-state index in [1.807, 2.05) is 0 Å². The molecular formula is C8H11F3O2. The Balaban J connectivity index is 4.28. The van der Waals surface area contributed by atoms with Crippen molar-refractivity contribution in [3.8, 4) is 0 Å². The molecule has 0 aliphatic heterocycles. The lowest BCUT2D eigenvalue weighted by molar-refractivity contribution is -0.179. The summed E-state index contributed by atoms with van der Waals surface area (Å²) in [4.78, 5) is 10.6. The van der Waals surface area contributed by atoms with Crippen molar-refractivity contribution in [3.05, 3.63) is 12.2 Å². The van der Waals surface area contributed by atoms with Crippen molar-refractivity contribution in [2.75, 3.05) is 6.61 Å². The highest BCUT2D eigenvalue weighted by Gasteiger charge is 2.41. The summed E-state index contributed by atoms with van der Waals surface area (Å²) in [7, 11) is 0. The molecule has 0 aromatic rings. The van der Waals surface area contributed by atoms with Gasteiger partial charge >= 0.3 is 6.18 Å². The second-order valence-electron chi connectivity index (χ2n) is 2.59. The molecule has 0 aromatic carbocycles. The van der Waals surface area contributed by atoms with Crippen molar-refractivity contribution in [1.29, 1.82) is 0 Å². The molecule has 0 spiro atoms. The minimum absolute atomic E-state index is 0.317. The highest BCUT2D eigenvalue weighted by atomic mass is 19.4. The number of ketones is 1. The van der Waals surface area contributed by atoms with Crippen LogP contribution in [0.15, 0.2) is 12.2 Å². The maximum Gasteiger partial charge on any atom is 0.398 e. The zero-order valence-corrected chi connectivity index (χ0v) is 7.14. The standard InChI is InChI=1S/C8H11F3O2/c1-6(13)7(8(9,10)11)4-2-3-5-12/h2-3,7,12H,4-5H2,1H3/b3-2+. The number of rotatable bonds is 4. The van der Waals surface area contributed by atoms with Gasteiger partial charge in [-0.3, -0.25) is 4.79 Å². The van der Waals surface area contributed by atoms with E-state index in [1.54, 1.807) is 0 Å². The van der Waals surface area contributed by atoms with Gasteiger partial charge in [-0.1, -0.05) is 12.2 Å². The van der Waals surface area contributed by atoms with Crippen LogP contribution in [0, 0.1) is 5.92 Å². The van der Waals surface area contributed by atoms with Crippen LogP contribution in [-0.2, 0) is 4.79 Å². The van der Waals surface area contributed by atoms with Crippen LogP contribution >= 0.6 is 0 Å². The predicted octanol–water partition coefficient (Wildman–Crippen LogP) is 1.69. The molecule has 0 bridgehead atoms. The fourth-order valence-corrected chi connectivity index (χ4v) is 0.837. The van der Waals surface area contributed by atoms with Crippen LogP contribution in [0.4, 0.5) is 13.2 Å². The van der Waals surface area contributed by atoms with Gasteiger partial charge in [-0.05, 0) is 13.3 Å². The molecular weight excluding hydrogens is 185 g/mol. The SMILES string of the molecule is CC(=O)C(C/C=C/CO)C(F)(F)F. The van der Waals surface area contributed by atoms with Crippen LogP contribution in [0.1, 0.15) is 13.3 Å². The lowest BCUT2D eigenvalue weighted by Gasteiger charge is -2.15. The molecule has 0 aliphatic rings. The zero-order valence-electron chi connectivity index (χ0n) is 7.14. The third-order valence-corrected chi connectivity index (χ3v) is 1.53. The van der Waals surface area contributed by atoms with Crippen LogP contribution < -0.4 is 0 Å². The molecule has 1 N–H and O–H groups in total. The molecule has 0 heterocycles. The summed E-state index contributed by atoms with van der Waals surface area (Å²) in [6, 6.07) is 0. The van der Waals surface area contributed by atoms with Gasteiger partial charge in [0.05, 0.1) is 6.61 Å². The Morgan fingerprint density at radius 2 is 2.00 bits per heavy atom. The quantitative estimate of drug-likeness (QED) is 0.695. The van der Waals surface area contributed by atoms with Crippen molar-refractivity contribution >= 4 is 5.78 Å². The molecule has 0 fully saturated rings. The van der Waals surface area contributed by atoms with E-state index < -0.39 is 24.3 Å². The van der Waals surface area contributed by atoms with Gasteiger partial charge in [-0.2, -0.15) is 13.2 Å². The van der Waals surface area contributed by atoms with Crippen LogP contribution in [0.25, 0.3) is 0 Å². The molecule has 76 valence electrons. The summed E-state index contributed by atoms with van der Waals surface area (Å²) in [5.41, 5.74) is 0. The maximum atomic E-state index is 12.1. The monoisotopic (exact) mass is 196 g/mol. The average Bonchev–Trinajstić information content (AvgIpc) is 1.94. The van der Waals surface area contributed by atoms with E-state index in [-0.39, 0.29) is 6.61 Å². The Kier molecular flexibility index (Phi) is 4.69. The fraction of sp³-hybridized carbons (Fsp3) is 0.625. The number of carbonyl (C=O) groups excluding carboxylic acids is 1. The smallest absolute Gasteiger partial charge is 0.392 e. The van der Waals surface area contributed by atoms with E-state index >= 15 is 0 Å². The molecule has 0 saturated carbocycles. The third-order valence-electron chi connectivity index (χ3n) is 1.53. The number of halogens is 3. The van der Waals surface area contributed by atoms with Crippen molar-refractivity contribution in [2.24, 2.45) is 5.92 Å². The van der Waals surface area contributed by atoms with Crippen LogP contribution in [0.5, 0.6) is 0 Å². The van der Waals surface area contributed by atoms with E-state index in [1.165, 1.54) is 6.08 Å². The first-order chi connectivity index (χ1) is 5.89. The van der Waals surface area contributed by atoms with Gasteiger partial charge in [0.2, 0.25) is 0 Å². The first-order valence-corrected chi connectivity index (χ1v) is 3.72. The summed E-state index contributed by atoms with van der Waals surface area (Å²) < 4.78 is 36.2. The van der Waals surface area contributed by atoms with Crippen molar-refractivity contribution in [3.63, 3.8) is 0 Å². The Morgan fingerprint density at radius 3 is 2.31 bits per heavy atom. The maximum absolute atomic E-state index is 12.1. The van der Waals surface area contributed by atoms with Crippen LogP contribution in [0.2, 0.25) is 0 Å². The van der Waals surface area contributed by atoms with E-state index in [0.29, 0.717) is 0 Å². The number of hydrogen-bond donors (Lipinski definition) is 1. The molecule has 0 aliphatic carbocycles. The molecule has 1 atom stereocenters. The Morgan fingerprint density at radius 1 is 1.46 bits per heavy atom. The van der Waals surface area contributed by atoms with E-state index in [0.717, 1.165) is 13.0 Å². The van der Waals surface area contributed by atoms with Crippen molar-refractivity contribution < 1.29 is 23.1 Å². The molecule has 0 saturated heterocycles. The van der Waals surface area contributed by atoms with E-state index in [2.05, 4.69) is 0 Å². The highest BCUT2D eigenvalue weighted by molar-refractivity contribution is 5.79. The van der Waals surface area contributed by atoms with Crippen molar-refractivity contribution in [2.45, 2.75) is 19.5 Å². The van der Waals surface area contributed by atoms with Gasteiger partial charge < -0.3 is 5.11 Å². The van der Waals surface area contributed by atoms with Crippen molar-refractivity contribution in [1.82, 2.24) is 0 Å². The fourth-order valence-electron chi connectivity index (χ4n) is 0.837. The largest absolute Gasteiger partial charge is 0.398 e. The zero-order chi connectivity index (χ0) is 10.5. The number of allylic oxidation sites excluding steroid dienone is 1. The second-order valence-corrected chi connectivity index (χ2v) is 2.59. The molecule has 1 unspecified atom stereocenters. The molecule has 5 heteroatoms. The Labute approximate surface area is 74.1 Å². The van der Waals surface area contributed by atoms with Gasteiger partial charge in [-0.25, -0.2) is 0 Å². The molecule has 2 nitrogen and oxygen atoms in total. The van der Waals surface area contributed by atoms with E-state index in [9.17, 15) is 18.0 Å². The topological polar surface area (TPSA) is 37.3 Å². The molecule has 0 amide bonds. The van der Waals surface area contributed by atoms with Gasteiger partial charge in [0.15, 0.2) is 0 Å². The molecule has 0 rings (SSSR count). The minimum Gasteiger partial charge on any atom is -0.392 e. The van der Waals surface area contributed by atoms with Crippen LogP contribution in [0.3, 0.4) is 0 Å². The third kappa shape index (κ3) is 4.67. The van der Waals surface area contributed by atoms with Gasteiger partial charge in [-0.15, -0.1) is 0 Å². The summed E-state index contributed by atoms with van der Waals surface area (Å²) >= 11 is 0. The first kappa shape index (κ1) is 12.2. The Hall–Kier alpha value is -0.840. The summed E-state index contributed by atoms with van der Waals surface area (Å²) in [5, 5.41) is 8.27. The lowest BCUT2D eigenvalue weighted by Crippen LogP contribution is -2.28. The Bertz CT molecular complexity index is 196. The summed E-state index contributed by atoms with van der Waals surface area (Å²) in [6.45, 7) is 0.591. The number of aliphatic hydroxyl groups excluding tert-OH is 1. The van der Waals surface area contributed by atoms with Crippen LogP contribution in [-0.4, -0.2) is 23.7 Å². The summed E-state index contributed by atoms with van der Waals surface area (Å²) in [6.07, 6.45) is -2.56. The first-order valence-electron chi connectivity index (χ1n) is 3.72. The molecule has 13 heavy (non-hydrogen) atoms. The number of Topliss-reactive ketones (excluding diaryl/α,β-unsaturated/α-hetero) is 1. The number of alkyl halides is 3. The second kappa shape index (κ2) is 5.01. The van der Waals surface area contributed by atoms with E-state index in [4.69, 9.17) is 5.11 Å². The number of carbonyl (C=O) groups is 1. The molecule has 0 radical (unpaired) electrons. The minimum atomic E-state index is -4.49. The molecule has 0 aromatic heterocycles. The average molecular weight is 196 g/mol. The van der Waals surface area contributed by atoms with Gasteiger partial charge in [0, 0.05) is 0 Å². The normalized spacial score (nSPS) is 14.8. The highest BCUT2D eigenvalue weighted by Crippen LogP contribution is 2.29. The van der Waals surface area contributed by atoms with Gasteiger partial charge in [0.1, 0.15) is 11.7 Å². The van der Waals surface area contributed by atoms with Gasteiger partial charge in [0.25, 0.3) is 0 Å². The number of aliphatic hydroxyl groups is 1. The predicted molar refractivity (Wildman–Crippen MR) is 41.1 cm³/mol. The number of hydrogen-bond acceptors (Lipinski definition) is 2.